The number of amides is 1. The Morgan fingerprint density at radius 2 is 2.23 bits per heavy atom. The predicted octanol–water partition coefficient (Wildman–Crippen LogP) is 2.64. The number of anilines is 1. The fourth-order valence-electron chi connectivity index (χ4n) is 1.53. The summed E-state index contributed by atoms with van der Waals surface area (Å²) in [6.45, 7) is 1.74. The van der Waals surface area contributed by atoms with Gasteiger partial charge in [0.25, 0.3) is 5.91 Å². The molecule has 112 valence electrons. The summed E-state index contributed by atoms with van der Waals surface area (Å²) < 4.78 is 4.52. The van der Waals surface area contributed by atoms with Gasteiger partial charge in [-0.3, -0.25) is 15.1 Å². The lowest BCUT2D eigenvalue weighted by molar-refractivity contribution is 0.102. The number of rotatable bonds is 5. The normalized spacial score (nSPS) is 10.6. The number of nitrogens with one attached hydrogen (secondary N) is 1. The van der Waals surface area contributed by atoms with Gasteiger partial charge in [0, 0.05) is 11.9 Å². The maximum Gasteiger partial charge on any atom is 0.271 e. The van der Waals surface area contributed by atoms with E-state index in [1.807, 2.05) is 18.2 Å². The Hall–Kier alpha value is -1.91. The average molecular weight is 350 g/mol. The largest absolute Gasteiger partial charge is 0.296 e. The molecule has 1 N–H and O–H groups in total. The second-order valence-electron chi connectivity index (χ2n) is 4.12. The molecule has 0 aliphatic heterocycles. The molecule has 3 aromatic heterocycles. The molecule has 0 radical (unpaired) electrons. The van der Waals surface area contributed by atoms with Gasteiger partial charge in [0.05, 0.1) is 11.4 Å². The van der Waals surface area contributed by atoms with Crippen LogP contribution < -0.4 is 5.32 Å². The third-order valence-corrected chi connectivity index (χ3v) is 5.39. The van der Waals surface area contributed by atoms with Crippen molar-refractivity contribution in [2.24, 2.45) is 0 Å². The first-order chi connectivity index (χ1) is 10.7. The van der Waals surface area contributed by atoms with Crippen LogP contribution in [0, 0.1) is 6.92 Å². The smallest absolute Gasteiger partial charge is 0.271 e. The summed E-state index contributed by atoms with van der Waals surface area (Å²) in [5.74, 6) is 0.450. The first kappa shape index (κ1) is 15.0. The van der Waals surface area contributed by atoms with Crippen molar-refractivity contribution in [3.05, 3.63) is 40.7 Å². The Balaban J connectivity index is 1.59. The molecule has 0 saturated heterocycles. The van der Waals surface area contributed by atoms with Crippen molar-refractivity contribution >= 4 is 45.7 Å². The average Bonchev–Trinajstić information content (AvgIpc) is 3.15. The van der Waals surface area contributed by atoms with E-state index in [-0.39, 0.29) is 5.91 Å². The molecule has 0 saturated carbocycles. The van der Waals surface area contributed by atoms with Crippen molar-refractivity contribution in [1.82, 2.24) is 24.8 Å². The van der Waals surface area contributed by atoms with Gasteiger partial charge >= 0.3 is 0 Å². The van der Waals surface area contributed by atoms with E-state index in [1.165, 1.54) is 23.1 Å². The van der Waals surface area contributed by atoms with Crippen molar-refractivity contribution < 1.29 is 4.79 Å². The van der Waals surface area contributed by atoms with Gasteiger partial charge in [-0.15, -0.1) is 15.3 Å². The van der Waals surface area contributed by atoms with Crippen LogP contribution in [0.4, 0.5) is 5.13 Å². The van der Waals surface area contributed by atoms with E-state index in [0.29, 0.717) is 21.5 Å². The van der Waals surface area contributed by atoms with Crippen molar-refractivity contribution in [2.45, 2.75) is 17.0 Å². The summed E-state index contributed by atoms with van der Waals surface area (Å²) in [7, 11) is 0. The lowest BCUT2D eigenvalue weighted by atomic mass is 10.4. The van der Waals surface area contributed by atoms with Crippen LogP contribution in [0.2, 0.25) is 0 Å². The molecule has 7 nitrogen and oxygen atoms in total. The molecule has 10 heteroatoms. The molecule has 3 rings (SSSR count). The minimum Gasteiger partial charge on any atom is -0.296 e. The predicted molar refractivity (Wildman–Crippen MR) is 86.3 cm³/mol. The number of thioether (sulfide) groups is 1. The van der Waals surface area contributed by atoms with Crippen molar-refractivity contribution in [3.63, 3.8) is 0 Å². The van der Waals surface area contributed by atoms with Gasteiger partial charge in [0.1, 0.15) is 4.88 Å². The molecule has 0 unspecified atom stereocenters. The zero-order valence-electron chi connectivity index (χ0n) is 11.4. The van der Waals surface area contributed by atoms with Gasteiger partial charge in [-0.05, 0) is 30.6 Å². The molecule has 0 fully saturated rings. The summed E-state index contributed by atoms with van der Waals surface area (Å²) in [5, 5.41) is 15.0. The number of nitrogens with zero attached hydrogens (tertiary/aromatic N) is 5. The number of hydrogen-bond donors (Lipinski definition) is 1. The standard InChI is InChI=1S/C12H10N6OS3/c1-7-9(22-18-15-7)10(19)14-11-16-17-12(21-11)20-6-8-4-2-3-5-13-8/h2-5H,6H2,1H3,(H,14,16,19). The Kier molecular flexibility index (Phi) is 4.71. The number of aryl methyl sites for hydroxylation is 1. The van der Waals surface area contributed by atoms with E-state index in [4.69, 9.17) is 0 Å². The Morgan fingerprint density at radius 3 is 2.95 bits per heavy atom. The molecule has 0 atom stereocenters. The highest BCUT2D eigenvalue weighted by molar-refractivity contribution is 8.00. The van der Waals surface area contributed by atoms with E-state index in [1.54, 1.807) is 13.1 Å². The van der Waals surface area contributed by atoms with E-state index in [9.17, 15) is 4.79 Å². The number of aromatic nitrogens is 5. The van der Waals surface area contributed by atoms with Crippen LogP contribution in [0.1, 0.15) is 21.1 Å². The number of pyridine rings is 1. The third-order valence-electron chi connectivity index (χ3n) is 2.55. The van der Waals surface area contributed by atoms with Gasteiger partial charge in [-0.2, -0.15) is 0 Å². The summed E-state index contributed by atoms with van der Waals surface area (Å²) >= 11 is 3.92. The molecule has 0 aliphatic rings. The Labute approximate surface area is 138 Å². The van der Waals surface area contributed by atoms with Gasteiger partial charge in [0.15, 0.2) is 4.34 Å². The van der Waals surface area contributed by atoms with E-state index >= 15 is 0 Å². The Morgan fingerprint density at radius 1 is 1.32 bits per heavy atom. The van der Waals surface area contributed by atoms with Crippen LogP contribution in [-0.2, 0) is 5.75 Å². The number of carbonyl (C=O) groups excluding carboxylic acids is 1. The SMILES string of the molecule is Cc1nnsc1C(=O)Nc1nnc(SCc2ccccn2)s1. The van der Waals surface area contributed by atoms with Crippen LogP contribution in [0.25, 0.3) is 0 Å². The first-order valence-electron chi connectivity index (χ1n) is 6.19. The molecular formula is C12H10N6OS3. The maximum atomic E-state index is 12.0. The highest BCUT2D eigenvalue weighted by atomic mass is 32.2. The maximum absolute atomic E-state index is 12.0. The van der Waals surface area contributed by atoms with Gasteiger partial charge in [-0.25, -0.2) is 0 Å². The fourth-order valence-corrected chi connectivity index (χ4v) is 3.75. The van der Waals surface area contributed by atoms with E-state index in [2.05, 4.69) is 30.1 Å². The van der Waals surface area contributed by atoms with Gasteiger partial charge in [0.2, 0.25) is 5.13 Å². The molecule has 0 aliphatic carbocycles. The van der Waals surface area contributed by atoms with Crippen LogP contribution in [0.3, 0.4) is 0 Å². The number of carbonyl (C=O) groups is 1. The van der Waals surface area contributed by atoms with Crippen molar-refractivity contribution in [2.75, 3.05) is 5.32 Å². The molecule has 22 heavy (non-hydrogen) atoms. The van der Waals surface area contributed by atoms with E-state index in [0.717, 1.165) is 21.6 Å². The summed E-state index contributed by atoms with van der Waals surface area (Å²) in [6, 6.07) is 5.78. The van der Waals surface area contributed by atoms with Crippen LogP contribution in [0.5, 0.6) is 0 Å². The summed E-state index contributed by atoms with van der Waals surface area (Å²) in [4.78, 5) is 16.8. The van der Waals surface area contributed by atoms with Crippen molar-refractivity contribution in [1.29, 1.82) is 0 Å². The Bertz CT molecular complexity index is 772. The van der Waals surface area contributed by atoms with Gasteiger partial charge < -0.3 is 0 Å². The zero-order chi connectivity index (χ0) is 15.4. The second-order valence-corrected chi connectivity index (χ2v) is 7.08. The zero-order valence-corrected chi connectivity index (χ0v) is 13.8. The van der Waals surface area contributed by atoms with Gasteiger partial charge in [-0.1, -0.05) is 33.7 Å². The minimum absolute atomic E-state index is 0.259. The molecule has 3 aromatic rings. The van der Waals surface area contributed by atoms with E-state index < -0.39 is 0 Å². The molecular weight excluding hydrogens is 340 g/mol. The molecule has 0 bridgehead atoms. The minimum atomic E-state index is -0.259. The van der Waals surface area contributed by atoms with Crippen molar-refractivity contribution in [3.8, 4) is 0 Å². The summed E-state index contributed by atoms with van der Waals surface area (Å²) in [6.07, 6.45) is 1.76. The molecule has 1 amide bonds. The molecule has 3 heterocycles. The monoisotopic (exact) mass is 350 g/mol. The fraction of sp³-hybridized carbons (Fsp3) is 0.167. The topological polar surface area (TPSA) is 93.6 Å². The molecule has 0 aromatic carbocycles. The lowest BCUT2D eigenvalue weighted by Crippen LogP contribution is -2.11. The second kappa shape index (κ2) is 6.90. The van der Waals surface area contributed by atoms with Crippen LogP contribution in [-0.4, -0.2) is 30.7 Å². The quantitative estimate of drug-likeness (QED) is 0.558. The number of hydrogen-bond acceptors (Lipinski definition) is 9. The lowest BCUT2D eigenvalue weighted by Gasteiger charge is -1.97. The highest BCUT2D eigenvalue weighted by Gasteiger charge is 2.15. The summed E-state index contributed by atoms with van der Waals surface area (Å²) in [5.41, 5.74) is 1.58. The molecule has 0 spiro atoms. The third kappa shape index (κ3) is 3.64. The highest BCUT2D eigenvalue weighted by Crippen LogP contribution is 2.28. The van der Waals surface area contributed by atoms with Crippen LogP contribution in [0.15, 0.2) is 28.7 Å². The first-order valence-corrected chi connectivity index (χ1v) is 8.76. The van der Waals surface area contributed by atoms with Crippen LogP contribution >= 0.6 is 34.6 Å².